The maximum Gasteiger partial charge on any atom is 0.164 e. The largest absolute Gasteiger partial charge is 0.490 e. The van der Waals surface area contributed by atoms with Gasteiger partial charge in [0.25, 0.3) is 0 Å². The topological polar surface area (TPSA) is 44.5 Å². The molecule has 0 aliphatic rings. The average Bonchev–Trinajstić information content (AvgIpc) is 2.45. The molecule has 0 heterocycles. The molecule has 1 aromatic carbocycles. The minimum Gasteiger partial charge on any atom is -0.490 e. The summed E-state index contributed by atoms with van der Waals surface area (Å²) < 4.78 is 25.4. The third-order valence-corrected chi connectivity index (χ3v) is 3.14. The molecule has 0 radical (unpaired) electrons. The normalized spacial score (nSPS) is 12.2. The van der Waals surface area contributed by atoms with Gasteiger partial charge < -0.3 is 15.2 Å². The number of nitrogens with two attached hydrogens (primary N) is 1. The van der Waals surface area contributed by atoms with Crippen LogP contribution in [0, 0.1) is 5.82 Å². The molecule has 0 amide bonds. The highest BCUT2D eigenvalue weighted by atomic mass is 19.1. The Balaban J connectivity index is 2.83. The first kappa shape index (κ1) is 17.8. The Morgan fingerprint density at radius 1 is 1.10 bits per heavy atom. The van der Waals surface area contributed by atoms with Crippen molar-refractivity contribution in [2.24, 2.45) is 5.73 Å². The molecule has 1 rings (SSSR count). The molecule has 0 saturated carbocycles. The molecular weight excluding hydrogens is 269 g/mol. The van der Waals surface area contributed by atoms with Crippen LogP contribution in [-0.4, -0.2) is 19.3 Å². The quantitative estimate of drug-likeness (QED) is 0.708. The lowest BCUT2D eigenvalue weighted by Gasteiger charge is -2.15. The van der Waals surface area contributed by atoms with Crippen LogP contribution in [0.25, 0.3) is 0 Å². The highest BCUT2D eigenvalue weighted by molar-refractivity contribution is 5.44. The van der Waals surface area contributed by atoms with Crippen molar-refractivity contribution in [2.75, 3.05) is 13.2 Å². The van der Waals surface area contributed by atoms with Crippen LogP contribution in [0.2, 0.25) is 0 Å². The van der Waals surface area contributed by atoms with Gasteiger partial charge in [-0.25, -0.2) is 4.39 Å². The summed E-state index contributed by atoms with van der Waals surface area (Å²) in [4.78, 5) is 0. The zero-order chi connectivity index (χ0) is 15.7. The van der Waals surface area contributed by atoms with Crippen molar-refractivity contribution in [2.45, 2.75) is 58.9 Å². The molecule has 3 nitrogen and oxygen atoms in total. The summed E-state index contributed by atoms with van der Waals surface area (Å²) in [7, 11) is 0. The standard InChI is InChI=1S/C17H28FNO2/c1-4-9-20-16-11-14(8-6-7-13(3)19)15(18)12-17(16)21-10-5-2/h11-13H,4-10,19H2,1-3H3. The Bertz CT molecular complexity index is 421. The van der Waals surface area contributed by atoms with Gasteiger partial charge in [-0.1, -0.05) is 13.8 Å². The van der Waals surface area contributed by atoms with Crippen LogP contribution in [-0.2, 0) is 6.42 Å². The number of hydrogen-bond donors (Lipinski definition) is 1. The fourth-order valence-electron chi connectivity index (χ4n) is 2.03. The van der Waals surface area contributed by atoms with E-state index in [9.17, 15) is 4.39 Å². The lowest BCUT2D eigenvalue weighted by molar-refractivity contribution is 0.266. The van der Waals surface area contributed by atoms with Crippen LogP contribution in [0.5, 0.6) is 11.5 Å². The van der Waals surface area contributed by atoms with Crippen molar-refractivity contribution in [1.82, 2.24) is 0 Å². The van der Waals surface area contributed by atoms with E-state index in [0.717, 1.165) is 25.7 Å². The SMILES string of the molecule is CCCOc1cc(F)c(CCCC(C)N)cc1OCCC. The van der Waals surface area contributed by atoms with Gasteiger partial charge in [0.15, 0.2) is 11.5 Å². The van der Waals surface area contributed by atoms with Crippen molar-refractivity contribution in [3.8, 4) is 11.5 Å². The summed E-state index contributed by atoms with van der Waals surface area (Å²) in [6, 6.07) is 3.37. The minimum absolute atomic E-state index is 0.149. The molecule has 0 bridgehead atoms. The molecule has 0 aromatic heterocycles. The summed E-state index contributed by atoms with van der Waals surface area (Å²) in [5.74, 6) is 0.913. The Morgan fingerprint density at radius 3 is 2.19 bits per heavy atom. The van der Waals surface area contributed by atoms with E-state index in [1.54, 1.807) is 6.07 Å². The third-order valence-electron chi connectivity index (χ3n) is 3.14. The van der Waals surface area contributed by atoms with Gasteiger partial charge in [-0.15, -0.1) is 0 Å². The zero-order valence-electron chi connectivity index (χ0n) is 13.5. The second kappa shape index (κ2) is 9.61. The van der Waals surface area contributed by atoms with E-state index in [-0.39, 0.29) is 11.9 Å². The van der Waals surface area contributed by atoms with Crippen LogP contribution in [0.1, 0.15) is 52.0 Å². The van der Waals surface area contributed by atoms with Gasteiger partial charge in [0.2, 0.25) is 0 Å². The Morgan fingerprint density at radius 2 is 1.67 bits per heavy atom. The number of benzene rings is 1. The number of rotatable bonds is 10. The smallest absolute Gasteiger partial charge is 0.164 e. The maximum atomic E-state index is 14.1. The van der Waals surface area contributed by atoms with E-state index in [0.29, 0.717) is 36.7 Å². The predicted molar refractivity (Wildman–Crippen MR) is 84.6 cm³/mol. The van der Waals surface area contributed by atoms with Crippen molar-refractivity contribution < 1.29 is 13.9 Å². The molecule has 0 fully saturated rings. The summed E-state index contributed by atoms with van der Waals surface area (Å²) in [6.45, 7) is 7.19. The van der Waals surface area contributed by atoms with E-state index in [4.69, 9.17) is 15.2 Å². The van der Waals surface area contributed by atoms with Gasteiger partial charge in [0.05, 0.1) is 13.2 Å². The molecule has 0 aliphatic heterocycles. The van der Waals surface area contributed by atoms with Gasteiger partial charge in [-0.3, -0.25) is 0 Å². The van der Waals surface area contributed by atoms with E-state index >= 15 is 0 Å². The number of ether oxygens (including phenoxy) is 2. The molecule has 0 spiro atoms. The van der Waals surface area contributed by atoms with Gasteiger partial charge in [-0.2, -0.15) is 0 Å². The van der Waals surface area contributed by atoms with Gasteiger partial charge in [-0.05, 0) is 50.7 Å². The molecule has 120 valence electrons. The first-order chi connectivity index (χ1) is 10.1. The van der Waals surface area contributed by atoms with Crippen molar-refractivity contribution in [3.05, 3.63) is 23.5 Å². The van der Waals surface area contributed by atoms with E-state index in [1.165, 1.54) is 6.07 Å². The highest BCUT2D eigenvalue weighted by Crippen LogP contribution is 2.31. The van der Waals surface area contributed by atoms with Crippen molar-refractivity contribution >= 4 is 0 Å². The molecule has 2 N–H and O–H groups in total. The van der Waals surface area contributed by atoms with E-state index in [1.807, 2.05) is 20.8 Å². The minimum atomic E-state index is -0.227. The monoisotopic (exact) mass is 297 g/mol. The highest BCUT2D eigenvalue weighted by Gasteiger charge is 2.12. The lowest BCUT2D eigenvalue weighted by atomic mass is 10.0. The fourth-order valence-corrected chi connectivity index (χ4v) is 2.03. The molecule has 1 unspecified atom stereocenters. The lowest BCUT2D eigenvalue weighted by Crippen LogP contribution is -2.14. The molecule has 0 aliphatic carbocycles. The summed E-state index contributed by atoms with van der Waals surface area (Å²) in [6.07, 6.45) is 4.22. The van der Waals surface area contributed by atoms with E-state index < -0.39 is 0 Å². The average molecular weight is 297 g/mol. The third kappa shape index (κ3) is 6.34. The fraction of sp³-hybridized carbons (Fsp3) is 0.647. The van der Waals surface area contributed by atoms with Gasteiger partial charge >= 0.3 is 0 Å². The molecular formula is C17H28FNO2. The number of hydrogen-bond acceptors (Lipinski definition) is 3. The number of halogens is 1. The molecule has 1 atom stereocenters. The number of aryl methyl sites for hydroxylation is 1. The summed E-state index contributed by atoms with van der Waals surface area (Å²) >= 11 is 0. The van der Waals surface area contributed by atoms with Gasteiger partial charge in [0.1, 0.15) is 5.82 Å². The van der Waals surface area contributed by atoms with E-state index in [2.05, 4.69) is 0 Å². The Hall–Kier alpha value is -1.29. The molecule has 0 saturated heterocycles. The zero-order valence-corrected chi connectivity index (χ0v) is 13.5. The van der Waals surface area contributed by atoms with Gasteiger partial charge in [0, 0.05) is 12.1 Å². The predicted octanol–water partition coefficient (Wildman–Crippen LogP) is 4.07. The molecule has 1 aromatic rings. The first-order valence-corrected chi connectivity index (χ1v) is 7.92. The molecule has 21 heavy (non-hydrogen) atoms. The maximum absolute atomic E-state index is 14.1. The Kier molecular flexibility index (Phi) is 8.13. The van der Waals surface area contributed by atoms with Crippen LogP contribution in [0.3, 0.4) is 0 Å². The second-order valence-electron chi connectivity index (χ2n) is 5.46. The van der Waals surface area contributed by atoms with Crippen LogP contribution in [0.4, 0.5) is 4.39 Å². The second-order valence-corrected chi connectivity index (χ2v) is 5.46. The van der Waals surface area contributed by atoms with Crippen LogP contribution >= 0.6 is 0 Å². The first-order valence-electron chi connectivity index (χ1n) is 7.92. The molecule has 4 heteroatoms. The summed E-state index contributed by atoms with van der Waals surface area (Å²) in [5, 5.41) is 0. The van der Waals surface area contributed by atoms with Crippen molar-refractivity contribution in [3.63, 3.8) is 0 Å². The van der Waals surface area contributed by atoms with Crippen molar-refractivity contribution in [1.29, 1.82) is 0 Å². The Labute approximate surface area is 127 Å². The van der Waals surface area contributed by atoms with Crippen LogP contribution < -0.4 is 15.2 Å². The summed E-state index contributed by atoms with van der Waals surface area (Å²) in [5.41, 5.74) is 6.40. The van der Waals surface area contributed by atoms with Crippen LogP contribution in [0.15, 0.2) is 12.1 Å².